The van der Waals surface area contributed by atoms with Crippen LogP contribution in [0.2, 0.25) is 0 Å². The van der Waals surface area contributed by atoms with E-state index in [1.54, 1.807) is 12.4 Å². The summed E-state index contributed by atoms with van der Waals surface area (Å²) in [5.41, 5.74) is 7.26. The van der Waals surface area contributed by atoms with Crippen LogP contribution in [0.25, 0.3) is 22.0 Å². The fraction of sp³-hybridized carbons (Fsp3) is 0.222. The number of nitrogens with one attached hydrogen (secondary N) is 1. The van der Waals surface area contributed by atoms with Gasteiger partial charge in [0.15, 0.2) is 0 Å². The van der Waals surface area contributed by atoms with Gasteiger partial charge in [-0.15, -0.1) is 0 Å². The molecule has 0 saturated carbocycles. The van der Waals surface area contributed by atoms with E-state index in [4.69, 9.17) is 0 Å². The molecule has 3 rings (SSSR count). The van der Waals surface area contributed by atoms with Crippen molar-refractivity contribution in [1.29, 1.82) is 0 Å². The number of H-pyrrole nitrogens is 1. The smallest absolute Gasteiger partial charge is 0.256 e. The lowest BCUT2D eigenvalue weighted by molar-refractivity contribution is 1.22. The first-order chi connectivity index (χ1) is 9.99. The summed E-state index contributed by atoms with van der Waals surface area (Å²) >= 11 is 0. The van der Waals surface area contributed by atoms with Crippen molar-refractivity contribution in [2.75, 3.05) is 0 Å². The molecule has 0 unspecified atom stereocenters. The number of benzene rings is 1. The highest BCUT2D eigenvalue weighted by Crippen LogP contribution is 2.30. The Hall–Kier alpha value is -2.42. The molecule has 0 aliphatic rings. The third-order valence-electron chi connectivity index (χ3n) is 4.28. The highest BCUT2D eigenvalue weighted by Gasteiger charge is 2.14. The zero-order valence-electron chi connectivity index (χ0n) is 12.7. The van der Waals surface area contributed by atoms with Crippen LogP contribution in [0.1, 0.15) is 22.3 Å². The van der Waals surface area contributed by atoms with E-state index in [1.165, 1.54) is 11.1 Å². The van der Waals surface area contributed by atoms with Crippen molar-refractivity contribution in [1.82, 2.24) is 9.97 Å². The predicted octanol–water partition coefficient (Wildman–Crippen LogP) is 3.82. The number of fused-ring (bicyclic) bond motifs is 1. The number of nitrogens with zero attached hydrogens (tertiary/aromatic N) is 1. The first-order valence-electron chi connectivity index (χ1n) is 7.04. The van der Waals surface area contributed by atoms with Gasteiger partial charge < -0.3 is 4.98 Å². The Labute approximate surface area is 123 Å². The van der Waals surface area contributed by atoms with Crippen LogP contribution in [0, 0.1) is 27.7 Å². The Morgan fingerprint density at radius 2 is 1.67 bits per heavy atom. The molecule has 1 N–H and O–H groups in total. The normalized spacial score (nSPS) is 11.0. The molecule has 0 saturated heterocycles. The number of rotatable bonds is 1. The molecule has 3 aromatic rings. The average molecular weight is 278 g/mol. The molecule has 2 aromatic heterocycles. The molecule has 0 bridgehead atoms. The predicted molar refractivity (Wildman–Crippen MR) is 86.7 cm³/mol. The van der Waals surface area contributed by atoms with Crippen LogP contribution in [0.3, 0.4) is 0 Å². The van der Waals surface area contributed by atoms with Gasteiger partial charge in [-0.05, 0) is 67.6 Å². The Morgan fingerprint density at radius 1 is 1.00 bits per heavy atom. The SMILES string of the molecule is Cc1cc(C)c(C)c(-c2cc3cnccc3[nH]c2=O)c1C. The summed E-state index contributed by atoms with van der Waals surface area (Å²) in [5.74, 6) is 0. The second-order valence-electron chi connectivity index (χ2n) is 5.61. The first kappa shape index (κ1) is 13.6. The summed E-state index contributed by atoms with van der Waals surface area (Å²) < 4.78 is 0. The molecule has 0 atom stereocenters. The largest absolute Gasteiger partial charge is 0.321 e. The lowest BCUT2D eigenvalue weighted by Gasteiger charge is -2.15. The summed E-state index contributed by atoms with van der Waals surface area (Å²) in [6, 6.07) is 5.93. The topological polar surface area (TPSA) is 45.8 Å². The molecule has 1 aromatic carbocycles. The molecule has 0 aliphatic carbocycles. The third kappa shape index (κ3) is 2.15. The number of aryl methyl sites for hydroxylation is 2. The van der Waals surface area contributed by atoms with Gasteiger partial charge in [0.2, 0.25) is 0 Å². The molecule has 0 radical (unpaired) electrons. The molecule has 0 amide bonds. The minimum absolute atomic E-state index is 0.0510. The number of aromatic amines is 1. The Morgan fingerprint density at radius 3 is 2.33 bits per heavy atom. The van der Waals surface area contributed by atoms with Gasteiger partial charge in [-0.1, -0.05) is 6.07 Å². The van der Waals surface area contributed by atoms with Crippen molar-refractivity contribution in [2.45, 2.75) is 27.7 Å². The van der Waals surface area contributed by atoms with Gasteiger partial charge in [0.25, 0.3) is 5.56 Å². The molecule has 0 aliphatic heterocycles. The van der Waals surface area contributed by atoms with E-state index in [9.17, 15) is 4.79 Å². The van der Waals surface area contributed by atoms with Crippen molar-refractivity contribution >= 4 is 10.9 Å². The summed E-state index contributed by atoms with van der Waals surface area (Å²) in [7, 11) is 0. The summed E-state index contributed by atoms with van der Waals surface area (Å²) in [4.78, 5) is 19.6. The lowest BCUT2D eigenvalue weighted by atomic mass is 9.90. The van der Waals surface area contributed by atoms with Crippen LogP contribution in [0.5, 0.6) is 0 Å². The van der Waals surface area contributed by atoms with E-state index < -0.39 is 0 Å². The van der Waals surface area contributed by atoms with Crippen LogP contribution in [-0.4, -0.2) is 9.97 Å². The van der Waals surface area contributed by atoms with Crippen molar-refractivity contribution in [3.8, 4) is 11.1 Å². The third-order valence-corrected chi connectivity index (χ3v) is 4.28. The summed E-state index contributed by atoms with van der Waals surface area (Å²) in [5, 5.41) is 0.949. The van der Waals surface area contributed by atoms with E-state index in [2.05, 4.69) is 43.7 Å². The summed E-state index contributed by atoms with van der Waals surface area (Å²) in [6.07, 6.45) is 3.47. The van der Waals surface area contributed by atoms with Gasteiger partial charge in [-0.2, -0.15) is 0 Å². The van der Waals surface area contributed by atoms with E-state index in [-0.39, 0.29) is 5.56 Å². The number of aromatic nitrogens is 2. The van der Waals surface area contributed by atoms with Crippen LogP contribution < -0.4 is 5.56 Å². The molecule has 0 fully saturated rings. The zero-order valence-corrected chi connectivity index (χ0v) is 12.7. The van der Waals surface area contributed by atoms with Gasteiger partial charge in [-0.3, -0.25) is 9.78 Å². The quantitative estimate of drug-likeness (QED) is 0.735. The Balaban J connectivity index is 2.41. The van der Waals surface area contributed by atoms with Gasteiger partial charge >= 0.3 is 0 Å². The van der Waals surface area contributed by atoms with Crippen molar-refractivity contribution in [3.05, 3.63) is 63.2 Å². The lowest BCUT2D eigenvalue weighted by Crippen LogP contribution is -2.11. The standard InChI is InChI=1S/C18H18N2O/c1-10-7-11(2)13(4)17(12(10)3)15-8-14-9-19-6-5-16(14)20-18(15)21/h5-9H,1-4H3,(H,20,21). The number of pyridine rings is 2. The molecular weight excluding hydrogens is 260 g/mol. The van der Waals surface area contributed by atoms with E-state index in [0.717, 1.165) is 33.2 Å². The van der Waals surface area contributed by atoms with Crippen molar-refractivity contribution in [3.63, 3.8) is 0 Å². The van der Waals surface area contributed by atoms with Crippen LogP contribution in [0.15, 0.2) is 35.4 Å². The molecule has 2 heterocycles. The highest BCUT2D eigenvalue weighted by atomic mass is 16.1. The molecule has 3 nitrogen and oxygen atoms in total. The Bertz CT molecular complexity index is 881. The Kier molecular flexibility index (Phi) is 3.13. The first-order valence-corrected chi connectivity index (χ1v) is 7.04. The van der Waals surface area contributed by atoms with Gasteiger partial charge in [0.1, 0.15) is 0 Å². The minimum Gasteiger partial charge on any atom is -0.321 e. The number of hydrogen-bond acceptors (Lipinski definition) is 2. The maximum absolute atomic E-state index is 12.5. The molecule has 21 heavy (non-hydrogen) atoms. The van der Waals surface area contributed by atoms with Crippen molar-refractivity contribution < 1.29 is 0 Å². The van der Waals surface area contributed by atoms with E-state index >= 15 is 0 Å². The van der Waals surface area contributed by atoms with Gasteiger partial charge in [0, 0.05) is 23.3 Å². The maximum Gasteiger partial charge on any atom is 0.256 e. The zero-order chi connectivity index (χ0) is 15.1. The minimum atomic E-state index is -0.0510. The fourth-order valence-corrected chi connectivity index (χ4v) is 2.85. The summed E-state index contributed by atoms with van der Waals surface area (Å²) in [6.45, 7) is 8.32. The fourth-order valence-electron chi connectivity index (χ4n) is 2.85. The highest BCUT2D eigenvalue weighted by molar-refractivity contribution is 5.84. The number of hydrogen-bond donors (Lipinski definition) is 1. The van der Waals surface area contributed by atoms with Crippen LogP contribution >= 0.6 is 0 Å². The average Bonchev–Trinajstić information content (AvgIpc) is 2.46. The molecular formula is C18H18N2O. The molecule has 0 spiro atoms. The monoisotopic (exact) mass is 278 g/mol. The second kappa shape index (κ2) is 4.85. The van der Waals surface area contributed by atoms with Gasteiger partial charge in [-0.25, -0.2) is 0 Å². The van der Waals surface area contributed by atoms with Crippen LogP contribution in [0.4, 0.5) is 0 Å². The van der Waals surface area contributed by atoms with E-state index in [1.807, 2.05) is 12.1 Å². The second-order valence-corrected chi connectivity index (χ2v) is 5.61. The maximum atomic E-state index is 12.5. The van der Waals surface area contributed by atoms with Gasteiger partial charge in [0.05, 0.1) is 5.52 Å². The molecule has 106 valence electrons. The van der Waals surface area contributed by atoms with E-state index in [0.29, 0.717) is 0 Å². The van der Waals surface area contributed by atoms with Crippen molar-refractivity contribution in [2.24, 2.45) is 0 Å². The molecule has 3 heteroatoms. The van der Waals surface area contributed by atoms with Crippen LogP contribution in [-0.2, 0) is 0 Å².